The molecule has 116 valence electrons. The molecule has 3 heteroatoms. The first-order chi connectivity index (χ1) is 11.3. The molecule has 2 aromatic heterocycles. The van der Waals surface area contributed by atoms with Crippen molar-refractivity contribution in [1.82, 2.24) is 9.97 Å². The number of aromatic nitrogens is 2. The van der Waals surface area contributed by atoms with Gasteiger partial charge < -0.3 is 0 Å². The number of rotatable bonds is 2. The van der Waals surface area contributed by atoms with Gasteiger partial charge in [0.25, 0.3) is 0 Å². The van der Waals surface area contributed by atoms with E-state index in [9.17, 15) is 4.39 Å². The van der Waals surface area contributed by atoms with E-state index >= 15 is 0 Å². The van der Waals surface area contributed by atoms with Crippen LogP contribution in [0.5, 0.6) is 0 Å². The molecule has 2 heterocycles. The Labute approximate surface area is 135 Å². The molecule has 4 rings (SSSR count). The van der Waals surface area contributed by atoms with E-state index in [1.165, 1.54) is 38.2 Å². The first-order valence-corrected chi connectivity index (χ1v) is 8.33. The van der Waals surface area contributed by atoms with Crippen LogP contribution in [0.2, 0.25) is 0 Å². The predicted molar refractivity (Wildman–Crippen MR) is 90.8 cm³/mol. The molecule has 0 bridgehead atoms. The zero-order valence-corrected chi connectivity index (χ0v) is 13.0. The van der Waals surface area contributed by atoms with Crippen molar-refractivity contribution in [3.63, 3.8) is 0 Å². The number of benzene rings is 1. The summed E-state index contributed by atoms with van der Waals surface area (Å²) in [6, 6.07) is 12.8. The average molecular weight is 306 g/mol. The molecule has 3 aromatic rings. The van der Waals surface area contributed by atoms with Gasteiger partial charge in [-0.25, -0.2) is 4.39 Å². The number of hydrogen-bond donors (Lipinski definition) is 0. The van der Waals surface area contributed by atoms with Crippen molar-refractivity contribution in [2.75, 3.05) is 0 Å². The number of fused-ring (bicyclic) bond motifs is 1. The summed E-state index contributed by atoms with van der Waals surface area (Å²) in [6.07, 6.45) is 8.03. The van der Waals surface area contributed by atoms with E-state index in [4.69, 9.17) is 4.98 Å². The normalized spacial score (nSPS) is 15.9. The summed E-state index contributed by atoms with van der Waals surface area (Å²) in [5.74, 6) is 0.275. The maximum atomic E-state index is 13.7. The van der Waals surface area contributed by atoms with Crippen molar-refractivity contribution in [1.29, 1.82) is 0 Å². The zero-order valence-electron chi connectivity index (χ0n) is 13.0. The molecule has 0 unspecified atom stereocenters. The fourth-order valence-corrected chi connectivity index (χ4v) is 3.55. The Morgan fingerprint density at radius 3 is 2.65 bits per heavy atom. The van der Waals surface area contributed by atoms with Crippen molar-refractivity contribution in [2.24, 2.45) is 0 Å². The second-order valence-electron chi connectivity index (χ2n) is 6.32. The van der Waals surface area contributed by atoms with E-state index in [0.717, 1.165) is 27.9 Å². The third-order valence-corrected chi connectivity index (χ3v) is 4.73. The third-order valence-electron chi connectivity index (χ3n) is 4.73. The van der Waals surface area contributed by atoms with E-state index in [0.29, 0.717) is 5.92 Å². The molecule has 0 atom stereocenters. The minimum absolute atomic E-state index is 0.239. The fraction of sp³-hybridized carbons (Fsp3) is 0.300. The fourth-order valence-electron chi connectivity index (χ4n) is 3.55. The summed E-state index contributed by atoms with van der Waals surface area (Å²) in [6.45, 7) is 0. The number of pyridine rings is 2. The molecule has 0 aliphatic heterocycles. The lowest BCUT2D eigenvalue weighted by Crippen LogP contribution is -2.07. The van der Waals surface area contributed by atoms with Crippen molar-refractivity contribution >= 4 is 10.9 Å². The lowest BCUT2D eigenvalue weighted by molar-refractivity contribution is 0.437. The maximum Gasteiger partial charge on any atom is 0.123 e. The first kappa shape index (κ1) is 14.3. The van der Waals surface area contributed by atoms with Gasteiger partial charge >= 0.3 is 0 Å². The quantitative estimate of drug-likeness (QED) is 0.626. The minimum Gasteiger partial charge on any atom is -0.254 e. The molecule has 0 spiro atoms. The predicted octanol–water partition coefficient (Wildman–Crippen LogP) is 5.48. The Bertz CT molecular complexity index is 838. The SMILES string of the molecule is Fc1cccc(-c2nc(C3CCCCC3)cc3cccnc23)c1. The molecule has 1 aliphatic carbocycles. The van der Waals surface area contributed by atoms with E-state index in [1.54, 1.807) is 18.3 Å². The molecule has 1 fully saturated rings. The molecule has 0 saturated heterocycles. The Balaban J connectivity index is 1.90. The van der Waals surface area contributed by atoms with E-state index in [2.05, 4.69) is 17.1 Å². The van der Waals surface area contributed by atoms with Gasteiger partial charge in [-0.05, 0) is 37.1 Å². The highest BCUT2D eigenvalue weighted by Gasteiger charge is 2.19. The van der Waals surface area contributed by atoms with Crippen molar-refractivity contribution in [2.45, 2.75) is 38.0 Å². The monoisotopic (exact) mass is 306 g/mol. The summed E-state index contributed by atoms with van der Waals surface area (Å²) < 4.78 is 13.7. The standard InChI is InChI=1S/C20H19FN2/c21-17-10-4-8-15(12-17)20-19-16(9-5-11-22-19)13-18(23-20)14-6-2-1-3-7-14/h4-5,8-14H,1-3,6-7H2. The molecule has 23 heavy (non-hydrogen) atoms. The summed E-state index contributed by atoms with van der Waals surface area (Å²) in [5, 5.41) is 1.09. The highest BCUT2D eigenvalue weighted by atomic mass is 19.1. The van der Waals surface area contributed by atoms with Crippen molar-refractivity contribution in [3.05, 3.63) is 60.2 Å². The zero-order chi connectivity index (χ0) is 15.6. The number of halogens is 1. The van der Waals surface area contributed by atoms with Gasteiger partial charge in [-0.1, -0.05) is 37.5 Å². The first-order valence-electron chi connectivity index (χ1n) is 8.33. The highest BCUT2D eigenvalue weighted by Crippen LogP contribution is 2.35. The molecule has 1 saturated carbocycles. The Hall–Kier alpha value is -2.29. The van der Waals surface area contributed by atoms with Crippen LogP contribution in [0.4, 0.5) is 4.39 Å². The molecule has 0 amide bonds. The second-order valence-corrected chi connectivity index (χ2v) is 6.32. The smallest absolute Gasteiger partial charge is 0.123 e. The molecule has 0 N–H and O–H groups in total. The summed E-state index contributed by atoms with van der Waals surface area (Å²) in [4.78, 5) is 9.40. The second kappa shape index (κ2) is 6.07. The molecule has 2 nitrogen and oxygen atoms in total. The molecule has 1 aliphatic rings. The average Bonchev–Trinajstić information content (AvgIpc) is 2.61. The Morgan fingerprint density at radius 1 is 0.957 bits per heavy atom. The van der Waals surface area contributed by atoms with Crippen LogP contribution in [0.15, 0.2) is 48.7 Å². The molecular weight excluding hydrogens is 287 g/mol. The summed E-state index contributed by atoms with van der Waals surface area (Å²) >= 11 is 0. The maximum absolute atomic E-state index is 13.7. The van der Waals surface area contributed by atoms with Gasteiger partial charge in [-0.3, -0.25) is 9.97 Å². The van der Waals surface area contributed by atoms with Crippen LogP contribution in [-0.4, -0.2) is 9.97 Å². The Morgan fingerprint density at radius 2 is 1.83 bits per heavy atom. The Kier molecular flexibility index (Phi) is 3.78. The molecule has 0 radical (unpaired) electrons. The van der Waals surface area contributed by atoms with E-state index in [1.807, 2.05) is 12.1 Å². The van der Waals surface area contributed by atoms with Crippen LogP contribution in [0, 0.1) is 5.82 Å². The van der Waals surface area contributed by atoms with Gasteiger partial charge in [0, 0.05) is 28.8 Å². The van der Waals surface area contributed by atoms with Crippen LogP contribution in [0.1, 0.15) is 43.7 Å². The lowest BCUT2D eigenvalue weighted by atomic mass is 9.86. The van der Waals surface area contributed by atoms with Crippen molar-refractivity contribution in [3.8, 4) is 11.3 Å². The summed E-state index contributed by atoms with van der Waals surface area (Å²) in [7, 11) is 0. The topological polar surface area (TPSA) is 25.8 Å². The van der Waals surface area contributed by atoms with E-state index < -0.39 is 0 Å². The van der Waals surface area contributed by atoms with Gasteiger partial charge in [0.2, 0.25) is 0 Å². The minimum atomic E-state index is -0.239. The van der Waals surface area contributed by atoms with Gasteiger partial charge in [0.15, 0.2) is 0 Å². The largest absolute Gasteiger partial charge is 0.254 e. The van der Waals surface area contributed by atoms with Crippen molar-refractivity contribution < 1.29 is 4.39 Å². The van der Waals surface area contributed by atoms with Gasteiger partial charge in [-0.2, -0.15) is 0 Å². The van der Waals surface area contributed by atoms with Crippen LogP contribution in [0.3, 0.4) is 0 Å². The van der Waals surface area contributed by atoms with Crippen LogP contribution in [-0.2, 0) is 0 Å². The number of nitrogens with zero attached hydrogens (tertiary/aromatic N) is 2. The van der Waals surface area contributed by atoms with Gasteiger partial charge in [0.05, 0.1) is 11.2 Å². The van der Waals surface area contributed by atoms with Crippen LogP contribution >= 0.6 is 0 Å². The van der Waals surface area contributed by atoms with Gasteiger partial charge in [0.1, 0.15) is 5.82 Å². The van der Waals surface area contributed by atoms with E-state index in [-0.39, 0.29) is 5.82 Å². The number of hydrogen-bond acceptors (Lipinski definition) is 2. The summed E-state index contributed by atoms with van der Waals surface area (Å²) in [5.41, 5.74) is 3.57. The van der Waals surface area contributed by atoms with Crippen LogP contribution < -0.4 is 0 Å². The van der Waals surface area contributed by atoms with Crippen LogP contribution in [0.25, 0.3) is 22.2 Å². The highest BCUT2D eigenvalue weighted by molar-refractivity contribution is 5.91. The third kappa shape index (κ3) is 2.83. The lowest BCUT2D eigenvalue weighted by Gasteiger charge is -2.22. The molecule has 1 aromatic carbocycles. The molecular formula is C20H19FN2. The van der Waals surface area contributed by atoms with Gasteiger partial charge in [-0.15, -0.1) is 0 Å².